The summed E-state index contributed by atoms with van der Waals surface area (Å²) in [7, 11) is 0. The third kappa shape index (κ3) is 1.96. The summed E-state index contributed by atoms with van der Waals surface area (Å²) in [4.78, 5) is 4.43. The largest absolute Gasteiger partial charge is 0.253 e. The molecular formula is C14H14FN. The van der Waals surface area contributed by atoms with Crippen molar-refractivity contribution in [1.29, 1.82) is 0 Å². The van der Waals surface area contributed by atoms with Gasteiger partial charge in [0.15, 0.2) is 0 Å². The van der Waals surface area contributed by atoms with Crippen LogP contribution in [0.5, 0.6) is 0 Å². The maximum absolute atomic E-state index is 13.5. The number of pyridine rings is 1. The van der Waals surface area contributed by atoms with E-state index < -0.39 is 0 Å². The van der Waals surface area contributed by atoms with Gasteiger partial charge in [-0.3, -0.25) is 4.98 Å². The van der Waals surface area contributed by atoms with Gasteiger partial charge in [0, 0.05) is 11.3 Å². The maximum Gasteiger partial charge on any atom is 0.129 e. The fourth-order valence-corrected chi connectivity index (χ4v) is 1.80. The highest BCUT2D eigenvalue weighted by atomic mass is 19.1. The minimum absolute atomic E-state index is 0.128. The van der Waals surface area contributed by atoms with E-state index >= 15 is 0 Å². The standard InChI is InChI=1S/C14H14FN/c1-9-7-12(8-10(2)14(9)15)13-6-4-5-11(3)16-13/h4-8H,1-3H3. The van der Waals surface area contributed by atoms with Crippen molar-refractivity contribution in [3.05, 3.63) is 53.0 Å². The Morgan fingerprint density at radius 2 is 1.62 bits per heavy atom. The summed E-state index contributed by atoms with van der Waals surface area (Å²) in [6.07, 6.45) is 0. The molecule has 0 atom stereocenters. The van der Waals surface area contributed by atoms with Crippen LogP contribution in [0.15, 0.2) is 30.3 Å². The van der Waals surface area contributed by atoms with Crippen LogP contribution in [0.1, 0.15) is 16.8 Å². The van der Waals surface area contributed by atoms with Crippen molar-refractivity contribution in [2.75, 3.05) is 0 Å². The summed E-state index contributed by atoms with van der Waals surface area (Å²) in [5.74, 6) is -0.128. The van der Waals surface area contributed by atoms with Crippen LogP contribution in [-0.2, 0) is 0 Å². The van der Waals surface area contributed by atoms with Crippen molar-refractivity contribution < 1.29 is 4.39 Å². The summed E-state index contributed by atoms with van der Waals surface area (Å²) in [6.45, 7) is 5.51. The van der Waals surface area contributed by atoms with Gasteiger partial charge in [-0.15, -0.1) is 0 Å². The summed E-state index contributed by atoms with van der Waals surface area (Å²) >= 11 is 0. The normalized spacial score (nSPS) is 10.5. The van der Waals surface area contributed by atoms with Crippen LogP contribution in [-0.4, -0.2) is 4.98 Å². The van der Waals surface area contributed by atoms with E-state index in [1.165, 1.54) is 0 Å². The van der Waals surface area contributed by atoms with Gasteiger partial charge in [0.2, 0.25) is 0 Å². The van der Waals surface area contributed by atoms with Crippen molar-refractivity contribution in [3.63, 3.8) is 0 Å². The van der Waals surface area contributed by atoms with Crippen molar-refractivity contribution in [2.24, 2.45) is 0 Å². The first-order valence-electron chi connectivity index (χ1n) is 5.28. The third-order valence-electron chi connectivity index (χ3n) is 2.62. The SMILES string of the molecule is Cc1cccc(-c2cc(C)c(F)c(C)c2)n1. The smallest absolute Gasteiger partial charge is 0.129 e. The number of rotatable bonds is 1. The number of hydrogen-bond acceptors (Lipinski definition) is 1. The van der Waals surface area contributed by atoms with Crippen LogP contribution in [0.25, 0.3) is 11.3 Å². The Labute approximate surface area is 95.0 Å². The highest BCUT2D eigenvalue weighted by Crippen LogP contribution is 2.22. The van der Waals surface area contributed by atoms with Gasteiger partial charge in [0.05, 0.1) is 5.69 Å². The van der Waals surface area contributed by atoms with Gasteiger partial charge in [-0.1, -0.05) is 6.07 Å². The van der Waals surface area contributed by atoms with Crippen LogP contribution in [0.3, 0.4) is 0 Å². The highest BCUT2D eigenvalue weighted by molar-refractivity contribution is 5.61. The summed E-state index contributed by atoms with van der Waals surface area (Å²) < 4.78 is 13.5. The molecule has 1 aromatic carbocycles. The van der Waals surface area contributed by atoms with Gasteiger partial charge < -0.3 is 0 Å². The van der Waals surface area contributed by atoms with Gasteiger partial charge in [0.1, 0.15) is 5.82 Å². The zero-order valence-electron chi connectivity index (χ0n) is 9.71. The number of halogens is 1. The van der Waals surface area contributed by atoms with Gasteiger partial charge in [-0.05, 0) is 56.2 Å². The number of aryl methyl sites for hydroxylation is 3. The first kappa shape index (κ1) is 10.8. The van der Waals surface area contributed by atoms with Crippen LogP contribution in [0, 0.1) is 26.6 Å². The molecule has 0 aliphatic rings. The Morgan fingerprint density at radius 1 is 1.00 bits per heavy atom. The number of hydrogen-bond donors (Lipinski definition) is 0. The zero-order valence-corrected chi connectivity index (χ0v) is 9.71. The Balaban J connectivity index is 2.57. The lowest BCUT2D eigenvalue weighted by molar-refractivity contribution is 0.609. The molecule has 0 saturated heterocycles. The van der Waals surface area contributed by atoms with Crippen LogP contribution in [0.4, 0.5) is 4.39 Å². The Bertz CT molecular complexity index is 509. The Hall–Kier alpha value is -1.70. The zero-order chi connectivity index (χ0) is 11.7. The third-order valence-corrected chi connectivity index (χ3v) is 2.62. The van der Waals surface area contributed by atoms with Crippen molar-refractivity contribution in [2.45, 2.75) is 20.8 Å². The van der Waals surface area contributed by atoms with E-state index in [0.29, 0.717) is 11.1 Å². The molecule has 16 heavy (non-hydrogen) atoms. The molecule has 0 aliphatic heterocycles. The van der Waals surface area contributed by atoms with Gasteiger partial charge in [-0.2, -0.15) is 0 Å². The molecule has 0 spiro atoms. The molecule has 2 aromatic rings. The Morgan fingerprint density at radius 3 is 2.19 bits per heavy atom. The molecule has 0 bridgehead atoms. The molecule has 0 saturated carbocycles. The fraction of sp³-hybridized carbons (Fsp3) is 0.214. The lowest BCUT2D eigenvalue weighted by atomic mass is 10.0. The number of benzene rings is 1. The van der Waals surface area contributed by atoms with E-state index in [4.69, 9.17) is 0 Å². The molecule has 0 aliphatic carbocycles. The lowest BCUT2D eigenvalue weighted by Crippen LogP contribution is -1.92. The topological polar surface area (TPSA) is 12.9 Å². The molecule has 2 heteroatoms. The molecule has 0 radical (unpaired) electrons. The second kappa shape index (κ2) is 4.05. The van der Waals surface area contributed by atoms with E-state index in [9.17, 15) is 4.39 Å². The van der Waals surface area contributed by atoms with E-state index in [2.05, 4.69) is 4.98 Å². The van der Waals surface area contributed by atoms with E-state index in [1.807, 2.05) is 37.3 Å². The average molecular weight is 215 g/mol. The molecule has 1 nitrogen and oxygen atoms in total. The quantitative estimate of drug-likeness (QED) is 0.704. The Kier molecular flexibility index (Phi) is 2.73. The summed E-state index contributed by atoms with van der Waals surface area (Å²) in [5.41, 5.74) is 4.17. The minimum Gasteiger partial charge on any atom is -0.253 e. The molecule has 2 rings (SSSR count). The molecule has 0 fully saturated rings. The second-order valence-corrected chi connectivity index (χ2v) is 4.09. The lowest BCUT2D eigenvalue weighted by Gasteiger charge is -2.06. The molecular weight excluding hydrogens is 201 g/mol. The van der Waals surface area contributed by atoms with Gasteiger partial charge in [0.25, 0.3) is 0 Å². The number of aromatic nitrogens is 1. The van der Waals surface area contributed by atoms with Crippen LogP contribution < -0.4 is 0 Å². The second-order valence-electron chi connectivity index (χ2n) is 4.09. The van der Waals surface area contributed by atoms with Gasteiger partial charge in [-0.25, -0.2) is 4.39 Å². The molecule has 0 unspecified atom stereocenters. The van der Waals surface area contributed by atoms with Crippen LogP contribution >= 0.6 is 0 Å². The summed E-state index contributed by atoms with van der Waals surface area (Å²) in [5, 5.41) is 0. The first-order chi connectivity index (χ1) is 7.58. The monoisotopic (exact) mass is 215 g/mol. The average Bonchev–Trinajstić information content (AvgIpc) is 2.25. The van der Waals surface area contributed by atoms with Crippen molar-refractivity contribution >= 4 is 0 Å². The predicted molar refractivity (Wildman–Crippen MR) is 63.8 cm³/mol. The maximum atomic E-state index is 13.5. The minimum atomic E-state index is -0.128. The van der Waals surface area contributed by atoms with Crippen molar-refractivity contribution in [3.8, 4) is 11.3 Å². The highest BCUT2D eigenvalue weighted by Gasteiger charge is 2.06. The van der Waals surface area contributed by atoms with Crippen LogP contribution in [0.2, 0.25) is 0 Å². The molecule has 0 amide bonds. The van der Waals surface area contributed by atoms with E-state index in [-0.39, 0.29) is 5.82 Å². The molecule has 1 aromatic heterocycles. The number of nitrogens with zero attached hydrogens (tertiary/aromatic N) is 1. The first-order valence-corrected chi connectivity index (χ1v) is 5.28. The fourth-order valence-electron chi connectivity index (χ4n) is 1.80. The van der Waals surface area contributed by atoms with Crippen molar-refractivity contribution in [1.82, 2.24) is 4.98 Å². The molecule has 1 heterocycles. The molecule has 0 N–H and O–H groups in total. The van der Waals surface area contributed by atoms with E-state index in [1.54, 1.807) is 13.8 Å². The van der Waals surface area contributed by atoms with Gasteiger partial charge >= 0.3 is 0 Å². The van der Waals surface area contributed by atoms with E-state index in [0.717, 1.165) is 17.0 Å². The summed E-state index contributed by atoms with van der Waals surface area (Å²) in [6, 6.07) is 9.53. The predicted octanol–water partition coefficient (Wildman–Crippen LogP) is 3.81. The molecule has 82 valence electrons.